The summed E-state index contributed by atoms with van der Waals surface area (Å²) in [5.41, 5.74) is 1.02. The number of para-hydroxylation sites is 1. The van der Waals surface area contributed by atoms with Crippen LogP contribution in [-0.4, -0.2) is 67.7 Å². The number of likely N-dealkylation sites (N-methyl/N-ethyl adjacent to an activating group) is 1. The van der Waals surface area contributed by atoms with Crippen LogP contribution in [0.1, 0.15) is 17.2 Å². The molecule has 1 atom stereocenters. The highest BCUT2D eigenvalue weighted by Gasteiger charge is 2.46. The number of carbonyl (C=O) groups is 2. The second-order valence-electron chi connectivity index (χ2n) is 7.61. The fraction of sp³-hybridized carbons (Fsp3) is 0.304. The lowest BCUT2D eigenvalue weighted by Crippen LogP contribution is -2.35. The van der Waals surface area contributed by atoms with Crippen LogP contribution in [0.3, 0.4) is 0 Å². The van der Waals surface area contributed by atoms with Crippen molar-refractivity contribution in [3.8, 4) is 17.2 Å². The van der Waals surface area contributed by atoms with E-state index in [2.05, 4.69) is 0 Å². The summed E-state index contributed by atoms with van der Waals surface area (Å²) in [6, 6.07) is 11.3. The van der Waals surface area contributed by atoms with E-state index in [4.69, 9.17) is 14.2 Å². The molecule has 0 aromatic heterocycles. The van der Waals surface area contributed by atoms with E-state index in [0.29, 0.717) is 41.5 Å². The second-order valence-corrected chi connectivity index (χ2v) is 7.61. The first-order valence-electron chi connectivity index (χ1n) is 9.88. The number of Topliss-reactive ketones (excluding diaryl/α,β-unsaturated/α-hetero) is 1. The first-order valence-corrected chi connectivity index (χ1v) is 9.88. The molecule has 2 aliphatic rings. The Labute approximate surface area is 180 Å². The van der Waals surface area contributed by atoms with Gasteiger partial charge in [-0.3, -0.25) is 9.59 Å². The van der Waals surface area contributed by atoms with Gasteiger partial charge in [0.05, 0.1) is 18.7 Å². The van der Waals surface area contributed by atoms with Crippen molar-refractivity contribution in [2.24, 2.45) is 0 Å². The summed E-state index contributed by atoms with van der Waals surface area (Å²) in [5, 5.41) is 11.2. The number of ether oxygens (including phenoxy) is 3. The Kier molecular flexibility index (Phi) is 5.56. The van der Waals surface area contributed by atoms with Crippen molar-refractivity contribution >= 4 is 17.4 Å². The fourth-order valence-electron chi connectivity index (χ4n) is 3.83. The van der Waals surface area contributed by atoms with Gasteiger partial charge in [0.1, 0.15) is 11.5 Å². The van der Waals surface area contributed by atoms with Crippen LogP contribution in [0.15, 0.2) is 48.0 Å². The number of aliphatic hydroxyl groups excluding tert-OH is 1. The van der Waals surface area contributed by atoms with Crippen molar-refractivity contribution in [3.05, 3.63) is 59.2 Å². The summed E-state index contributed by atoms with van der Waals surface area (Å²) in [6.07, 6.45) is 0. The van der Waals surface area contributed by atoms with Gasteiger partial charge < -0.3 is 29.1 Å². The van der Waals surface area contributed by atoms with Crippen molar-refractivity contribution in [2.45, 2.75) is 6.04 Å². The molecule has 4 rings (SSSR count). The quantitative estimate of drug-likeness (QED) is 0.433. The van der Waals surface area contributed by atoms with Crippen LogP contribution < -0.4 is 14.2 Å². The number of hydrogen-bond acceptors (Lipinski definition) is 7. The van der Waals surface area contributed by atoms with Crippen LogP contribution in [0.2, 0.25) is 0 Å². The standard InChI is InChI=1S/C23H24N2O6/c1-24(2)10-11-25-20(15-6-4-5-7-16(15)29-3)19(22(27)23(25)28)21(26)14-8-9-17-18(12-14)31-13-30-17/h4-9,12,20,26H,10-11,13H2,1-3H3. The number of nitrogens with zero attached hydrogens (tertiary/aromatic N) is 2. The van der Waals surface area contributed by atoms with Crippen LogP contribution in [0.4, 0.5) is 0 Å². The van der Waals surface area contributed by atoms with Gasteiger partial charge in [0.2, 0.25) is 6.79 Å². The molecule has 1 fully saturated rings. The largest absolute Gasteiger partial charge is 0.507 e. The number of likely N-dealkylation sites (tertiary alicyclic amines) is 1. The summed E-state index contributed by atoms with van der Waals surface area (Å²) in [4.78, 5) is 29.4. The minimum Gasteiger partial charge on any atom is -0.507 e. The average molecular weight is 424 g/mol. The molecule has 2 heterocycles. The molecule has 1 N–H and O–H groups in total. The number of ketones is 1. The molecule has 162 valence electrons. The topological polar surface area (TPSA) is 88.5 Å². The van der Waals surface area contributed by atoms with E-state index in [0.717, 1.165) is 0 Å². The lowest BCUT2D eigenvalue weighted by atomic mass is 9.94. The number of benzene rings is 2. The number of hydrogen-bond donors (Lipinski definition) is 1. The maximum Gasteiger partial charge on any atom is 0.295 e. The molecule has 0 saturated carbocycles. The van der Waals surface area contributed by atoms with Crippen LogP contribution >= 0.6 is 0 Å². The molecule has 2 aromatic carbocycles. The van der Waals surface area contributed by atoms with Crippen LogP contribution in [0, 0.1) is 0 Å². The molecule has 1 amide bonds. The number of aliphatic hydroxyl groups is 1. The molecule has 0 spiro atoms. The smallest absolute Gasteiger partial charge is 0.295 e. The van der Waals surface area contributed by atoms with Gasteiger partial charge in [-0.25, -0.2) is 0 Å². The lowest BCUT2D eigenvalue weighted by molar-refractivity contribution is -0.140. The van der Waals surface area contributed by atoms with Gasteiger partial charge in [0.15, 0.2) is 11.5 Å². The molecule has 2 aliphatic heterocycles. The van der Waals surface area contributed by atoms with Gasteiger partial charge in [-0.2, -0.15) is 0 Å². The number of rotatable bonds is 6. The zero-order chi connectivity index (χ0) is 22.1. The van der Waals surface area contributed by atoms with Gasteiger partial charge in [0, 0.05) is 24.2 Å². The Morgan fingerprint density at radius 3 is 2.65 bits per heavy atom. The molecule has 8 nitrogen and oxygen atoms in total. The molecule has 31 heavy (non-hydrogen) atoms. The third-order valence-corrected chi connectivity index (χ3v) is 5.41. The number of fused-ring (bicyclic) bond motifs is 1. The Morgan fingerprint density at radius 1 is 1.16 bits per heavy atom. The molecule has 1 unspecified atom stereocenters. The SMILES string of the molecule is COc1ccccc1C1C(=C(O)c2ccc3c(c2)OCO3)C(=O)C(=O)N1CCN(C)C. The third-order valence-electron chi connectivity index (χ3n) is 5.41. The highest BCUT2D eigenvalue weighted by molar-refractivity contribution is 6.46. The maximum absolute atomic E-state index is 13.1. The third kappa shape index (κ3) is 3.70. The van der Waals surface area contributed by atoms with Gasteiger partial charge in [-0.15, -0.1) is 0 Å². The summed E-state index contributed by atoms with van der Waals surface area (Å²) in [5.74, 6) is -0.0883. The van der Waals surface area contributed by atoms with E-state index in [1.807, 2.05) is 31.1 Å². The molecule has 0 bridgehead atoms. The first kappa shape index (κ1) is 20.7. The first-order chi connectivity index (χ1) is 14.9. The maximum atomic E-state index is 13.1. The summed E-state index contributed by atoms with van der Waals surface area (Å²) in [7, 11) is 5.31. The van der Waals surface area contributed by atoms with E-state index in [9.17, 15) is 14.7 Å². The van der Waals surface area contributed by atoms with Crippen LogP contribution in [0.5, 0.6) is 17.2 Å². The summed E-state index contributed by atoms with van der Waals surface area (Å²) < 4.78 is 16.2. The minimum absolute atomic E-state index is 0.0205. The molecular weight excluding hydrogens is 400 g/mol. The molecular formula is C23H24N2O6. The molecule has 0 radical (unpaired) electrons. The minimum atomic E-state index is -0.776. The lowest BCUT2D eigenvalue weighted by Gasteiger charge is -2.27. The van der Waals surface area contributed by atoms with Crippen molar-refractivity contribution in [1.82, 2.24) is 9.80 Å². The Balaban J connectivity index is 1.86. The van der Waals surface area contributed by atoms with Crippen LogP contribution in [-0.2, 0) is 9.59 Å². The number of carbonyl (C=O) groups excluding carboxylic acids is 2. The van der Waals surface area contributed by atoms with Gasteiger partial charge in [0.25, 0.3) is 11.7 Å². The number of amides is 1. The van der Waals surface area contributed by atoms with Crippen molar-refractivity contribution in [3.63, 3.8) is 0 Å². The van der Waals surface area contributed by atoms with E-state index >= 15 is 0 Å². The summed E-state index contributed by atoms with van der Waals surface area (Å²) >= 11 is 0. The zero-order valence-corrected chi connectivity index (χ0v) is 17.6. The molecule has 1 saturated heterocycles. The zero-order valence-electron chi connectivity index (χ0n) is 17.6. The predicted octanol–water partition coefficient (Wildman–Crippen LogP) is 2.41. The Morgan fingerprint density at radius 2 is 1.90 bits per heavy atom. The molecule has 8 heteroatoms. The van der Waals surface area contributed by atoms with E-state index in [1.54, 1.807) is 30.3 Å². The van der Waals surface area contributed by atoms with E-state index < -0.39 is 17.7 Å². The average Bonchev–Trinajstić information content (AvgIpc) is 3.34. The Bertz CT molecular complexity index is 1060. The normalized spacial score (nSPS) is 19.4. The highest BCUT2D eigenvalue weighted by Crippen LogP contribution is 2.43. The summed E-state index contributed by atoms with van der Waals surface area (Å²) in [6.45, 7) is 0.969. The van der Waals surface area contributed by atoms with Gasteiger partial charge >= 0.3 is 0 Å². The number of methoxy groups -OCH3 is 1. The Hall–Kier alpha value is -3.52. The highest BCUT2D eigenvalue weighted by atomic mass is 16.7. The predicted molar refractivity (Wildman–Crippen MR) is 113 cm³/mol. The monoisotopic (exact) mass is 424 g/mol. The van der Waals surface area contributed by atoms with E-state index in [-0.39, 0.29) is 18.1 Å². The van der Waals surface area contributed by atoms with Crippen LogP contribution in [0.25, 0.3) is 5.76 Å². The van der Waals surface area contributed by atoms with Gasteiger partial charge in [-0.1, -0.05) is 18.2 Å². The van der Waals surface area contributed by atoms with Gasteiger partial charge in [-0.05, 0) is 38.4 Å². The fourth-order valence-corrected chi connectivity index (χ4v) is 3.83. The molecule has 2 aromatic rings. The van der Waals surface area contributed by atoms with Crippen molar-refractivity contribution in [2.75, 3.05) is 41.1 Å². The van der Waals surface area contributed by atoms with Crippen molar-refractivity contribution < 1.29 is 28.9 Å². The molecule has 0 aliphatic carbocycles. The van der Waals surface area contributed by atoms with E-state index in [1.165, 1.54) is 12.0 Å². The second kappa shape index (κ2) is 8.31. The van der Waals surface area contributed by atoms with Crippen molar-refractivity contribution in [1.29, 1.82) is 0 Å².